The summed E-state index contributed by atoms with van der Waals surface area (Å²) in [6, 6.07) is 3.90. The number of hydrogen-bond donors (Lipinski definition) is 2. The fourth-order valence-electron chi connectivity index (χ4n) is 1.26. The summed E-state index contributed by atoms with van der Waals surface area (Å²) in [6.07, 6.45) is 0. The van der Waals surface area contributed by atoms with E-state index < -0.39 is 22.1 Å². The summed E-state index contributed by atoms with van der Waals surface area (Å²) in [5.74, 6) is -1.51. The zero-order chi connectivity index (χ0) is 12.3. The van der Waals surface area contributed by atoms with Gasteiger partial charge in [-0.2, -0.15) is 5.26 Å². The summed E-state index contributed by atoms with van der Waals surface area (Å²) >= 11 is 0. The number of benzene rings is 1. The first-order valence-electron chi connectivity index (χ1n) is 4.16. The van der Waals surface area contributed by atoms with Gasteiger partial charge in [-0.05, 0) is 11.6 Å². The molecule has 0 fully saturated rings. The van der Waals surface area contributed by atoms with E-state index in [1.54, 1.807) is 6.07 Å². The Morgan fingerprint density at radius 1 is 1.62 bits per heavy atom. The summed E-state index contributed by atoms with van der Waals surface area (Å²) < 4.78 is 0. The van der Waals surface area contributed by atoms with E-state index in [9.17, 15) is 14.9 Å². The Labute approximate surface area is 89.9 Å². The van der Waals surface area contributed by atoms with E-state index >= 15 is 0 Å². The van der Waals surface area contributed by atoms with Gasteiger partial charge in [0.05, 0.1) is 10.5 Å². The Morgan fingerprint density at radius 2 is 2.25 bits per heavy atom. The summed E-state index contributed by atoms with van der Waals surface area (Å²) in [6.45, 7) is -0.00454. The van der Waals surface area contributed by atoms with Crippen LogP contribution in [0, 0.1) is 21.4 Å². The second-order valence-electron chi connectivity index (χ2n) is 2.92. The number of nitro benzene ring substituents is 1. The van der Waals surface area contributed by atoms with Gasteiger partial charge in [-0.25, -0.2) is 4.79 Å². The number of carboxylic acid groups (broad SMARTS) is 1. The van der Waals surface area contributed by atoms with Crippen LogP contribution in [0.2, 0.25) is 0 Å². The first kappa shape index (κ1) is 11.6. The van der Waals surface area contributed by atoms with Crippen LogP contribution in [-0.2, 0) is 6.54 Å². The molecule has 7 nitrogen and oxygen atoms in total. The van der Waals surface area contributed by atoms with Gasteiger partial charge in [-0.15, -0.1) is 0 Å². The van der Waals surface area contributed by atoms with E-state index in [-0.39, 0.29) is 12.1 Å². The predicted molar refractivity (Wildman–Crippen MR) is 52.7 cm³/mol. The van der Waals surface area contributed by atoms with Crippen LogP contribution in [0.3, 0.4) is 0 Å². The van der Waals surface area contributed by atoms with Crippen LogP contribution in [0.1, 0.15) is 21.5 Å². The number of hydrogen-bond acceptors (Lipinski definition) is 5. The van der Waals surface area contributed by atoms with Gasteiger partial charge in [0.25, 0.3) is 5.69 Å². The zero-order valence-electron chi connectivity index (χ0n) is 8.01. The number of rotatable bonds is 3. The minimum Gasteiger partial charge on any atom is -0.477 e. The highest BCUT2D eigenvalue weighted by Crippen LogP contribution is 2.24. The van der Waals surface area contributed by atoms with E-state index in [1.807, 2.05) is 0 Å². The van der Waals surface area contributed by atoms with Gasteiger partial charge >= 0.3 is 5.97 Å². The van der Waals surface area contributed by atoms with Crippen LogP contribution in [0.15, 0.2) is 12.1 Å². The van der Waals surface area contributed by atoms with Crippen molar-refractivity contribution in [1.82, 2.24) is 0 Å². The van der Waals surface area contributed by atoms with E-state index in [0.29, 0.717) is 5.56 Å². The molecule has 0 atom stereocenters. The largest absolute Gasteiger partial charge is 0.477 e. The van der Waals surface area contributed by atoms with Crippen molar-refractivity contribution in [3.8, 4) is 6.07 Å². The molecule has 0 saturated heterocycles. The molecule has 0 aliphatic heterocycles. The first-order valence-corrected chi connectivity index (χ1v) is 4.16. The third-order valence-electron chi connectivity index (χ3n) is 1.94. The maximum absolute atomic E-state index is 10.8. The van der Waals surface area contributed by atoms with Gasteiger partial charge in [0.1, 0.15) is 6.07 Å². The van der Waals surface area contributed by atoms with Crippen LogP contribution in [-0.4, -0.2) is 16.0 Å². The fourth-order valence-corrected chi connectivity index (χ4v) is 1.26. The molecule has 0 spiro atoms. The standard InChI is InChI=1S/C9H7N3O4/c10-3-5-1-6(4-11)8(9(13)14)7(2-5)12(15)16/h1-2H,3,10H2,(H,13,14). The number of carbonyl (C=O) groups is 1. The molecule has 0 aliphatic carbocycles. The molecule has 0 radical (unpaired) electrons. The van der Waals surface area contributed by atoms with Crippen molar-refractivity contribution >= 4 is 11.7 Å². The van der Waals surface area contributed by atoms with E-state index in [2.05, 4.69) is 0 Å². The summed E-state index contributed by atoms with van der Waals surface area (Å²) in [5.41, 5.74) is 4.14. The molecule has 3 N–H and O–H groups in total. The van der Waals surface area contributed by atoms with Crippen molar-refractivity contribution in [2.75, 3.05) is 0 Å². The van der Waals surface area contributed by atoms with Crippen LogP contribution >= 0.6 is 0 Å². The van der Waals surface area contributed by atoms with Crippen molar-refractivity contribution in [2.45, 2.75) is 6.54 Å². The number of nitrogens with two attached hydrogens (primary N) is 1. The van der Waals surface area contributed by atoms with Gasteiger partial charge in [0.15, 0.2) is 5.56 Å². The van der Waals surface area contributed by atoms with Crippen molar-refractivity contribution in [1.29, 1.82) is 5.26 Å². The molecule has 0 aliphatic rings. The van der Waals surface area contributed by atoms with Gasteiger partial charge in [-0.1, -0.05) is 0 Å². The molecule has 0 aromatic heterocycles. The second-order valence-corrected chi connectivity index (χ2v) is 2.92. The third-order valence-corrected chi connectivity index (χ3v) is 1.94. The number of aromatic carboxylic acids is 1. The maximum Gasteiger partial charge on any atom is 0.344 e. The zero-order valence-corrected chi connectivity index (χ0v) is 8.01. The van der Waals surface area contributed by atoms with E-state index in [1.165, 1.54) is 6.07 Å². The average molecular weight is 221 g/mol. The monoisotopic (exact) mass is 221 g/mol. The molecule has 1 aromatic rings. The highest BCUT2D eigenvalue weighted by molar-refractivity contribution is 5.95. The Hall–Kier alpha value is -2.46. The minimum absolute atomic E-state index is 0.00454. The van der Waals surface area contributed by atoms with Crippen LogP contribution in [0.5, 0.6) is 0 Å². The lowest BCUT2D eigenvalue weighted by atomic mass is 10.0. The van der Waals surface area contributed by atoms with Crippen LogP contribution < -0.4 is 5.73 Å². The number of carboxylic acids is 1. The molecular formula is C9H7N3O4. The summed E-state index contributed by atoms with van der Waals surface area (Å²) in [4.78, 5) is 20.6. The molecular weight excluding hydrogens is 214 g/mol. The fraction of sp³-hybridized carbons (Fsp3) is 0.111. The molecule has 0 heterocycles. The van der Waals surface area contributed by atoms with Crippen molar-refractivity contribution in [3.63, 3.8) is 0 Å². The minimum atomic E-state index is -1.51. The van der Waals surface area contributed by atoms with Crippen molar-refractivity contribution in [2.24, 2.45) is 5.73 Å². The van der Waals surface area contributed by atoms with Gasteiger partial charge in [0, 0.05) is 12.6 Å². The van der Waals surface area contributed by atoms with E-state index in [0.717, 1.165) is 6.07 Å². The quantitative estimate of drug-likeness (QED) is 0.568. The third kappa shape index (κ3) is 1.97. The lowest BCUT2D eigenvalue weighted by Gasteiger charge is -2.03. The second kappa shape index (κ2) is 4.37. The predicted octanol–water partition coefficient (Wildman–Crippen LogP) is 0.623. The van der Waals surface area contributed by atoms with Crippen LogP contribution in [0.25, 0.3) is 0 Å². The molecule has 0 unspecified atom stereocenters. The van der Waals surface area contributed by atoms with Crippen LogP contribution in [0.4, 0.5) is 5.69 Å². The Balaban J connectivity index is 3.62. The normalized spacial score (nSPS) is 9.50. The van der Waals surface area contributed by atoms with Crippen molar-refractivity contribution < 1.29 is 14.8 Å². The van der Waals surface area contributed by atoms with Gasteiger partial charge in [0.2, 0.25) is 0 Å². The topological polar surface area (TPSA) is 130 Å². The Bertz CT molecular complexity index is 504. The Kier molecular flexibility index (Phi) is 3.17. The lowest BCUT2D eigenvalue weighted by molar-refractivity contribution is -0.385. The van der Waals surface area contributed by atoms with Gasteiger partial charge in [-0.3, -0.25) is 10.1 Å². The molecule has 16 heavy (non-hydrogen) atoms. The average Bonchev–Trinajstić information content (AvgIpc) is 2.26. The smallest absolute Gasteiger partial charge is 0.344 e. The van der Waals surface area contributed by atoms with Gasteiger partial charge < -0.3 is 10.8 Å². The molecule has 82 valence electrons. The molecule has 1 rings (SSSR count). The summed E-state index contributed by atoms with van der Waals surface area (Å²) in [7, 11) is 0. The maximum atomic E-state index is 10.8. The molecule has 0 saturated carbocycles. The molecule has 0 amide bonds. The van der Waals surface area contributed by atoms with Crippen molar-refractivity contribution in [3.05, 3.63) is 38.9 Å². The Morgan fingerprint density at radius 3 is 2.62 bits per heavy atom. The molecule has 1 aromatic carbocycles. The first-order chi connectivity index (χ1) is 7.51. The number of nitrogens with zero attached hydrogens (tertiary/aromatic N) is 2. The highest BCUT2D eigenvalue weighted by atomic mass is 16.6. The highest BCUT2D eigenvalue weighted by Gasteiger charge is 2.24. The number of nitriles is 1. The molecule has 0 bridgehead atoms. The molecule has 7 heteroatoms. The number of nitro groups is 1. The van der Waals surface area contributed by atoms with E-state index in [4.69, 9.17) is 16.1 Å². The lowest BCUT2D eigenvalue weighted by Crippen LogP contribution is -2.08. The SMILES string of the molecule is N#Cc1cc(CN)cc([N+](=O)[O-])c1C(=O)O. The summed E-state index contributed by atoms with van der Waals surface area (Å²) in [5, 5.41) is 28.2.